The van der Waals surface area contributed by atoms with Crippen LogP contribution in [-0.2, 0) is 6.54 Å². The number of aromatic nitrogens is 1. The van der Waals surface area contributed by atoms with E-state index >= 15 is 0 Å². The molecule has 3 rings (SSSR count). The van der Waals surface area contributed by atoms with Crippen molar-refractivity contribution in [2.24, 2.45) is 0 Å². The number of benzene rings is 1. The maximum Gasteiger partial charge on any atom is 0.319 e. The largest absolute Gasteiger partial charge is 0.490 e. The molecule has 0 aliphatic heterocycles. The fourth-order valence-corrected chi connectivity index (χ4v) is 2.71. The quantitative estimate of drug-likeness (QED) is 0.786. The van der Waals surface area contributed by atoms with Crippen LogP contribution in [-0.4, -0.2) is 17.1 Å². The summed E-state index contributed by atoms with van der Waals surface area (Å²) >= 11 is 0. The minimum atomic E-state index is -0.267. The lowest BCUT2D eigenvalue weighted by Gasteiger charge is -2.13. The summed E-state index contributed by atoms with van der Waals surface area (Å²) in [5, 5.41) is 5.57. The van der Waals surface area contributed by atoms with Crippen molar-refractivity contribution in [2.75, 3.05) is 11.1 Å². The van der Waals surface area contributed by atoms with Crippen molar-refractivity contribution >= 4 is 17.5 Å². The number of amides is 2. The molecule has 1 aliphatic carbocycles. The minimum absolute atomic E-state index is 0.267. The summed E-state index contributed by atoms with van der Waals surface area (Å²) in [6.07, 6.45) is 6.72. The first kappa shape index (κ1) is 16.1. The molecule has 2 amide bonds. The third kappa shape index (κ3) is 4.62. The number of carbonyl (C=O) groups is 1. The van der Waals surface area contributed by atoms with Gasteiger partial charge in [0.2, 0.25) is 0 Å². The van der Waals surface area contributed by atoms with E-state index < -0.39 is 0 Å². The van der Waals surface area contributed by atoms with E-state index in [9.17, 15) is 4.79 Å². The van der Waals surface area contributed by atoms with Crippen LogP contribution >= 0.6 is 0 Å². The van der Waals surface area contributed by atoms with E-state index in [2.05, 4.69) is 15.6 Å². The SMILES string of the molecule is Nc1ccc(CNC(=O)Nc2ccc(OC3CCCC3)cc2)cn1. The number of nitrogens with two attached hydrogens (primary N) is 1. The number of nitrogens with zero attached hydrogens (tertiary/aromatic N) is 1. The van der Waals surface area contributed by atoms with Crippen molar-refractivity contribution < 1.29 is 9.53 Å². The molecular formula is C18H22N4O2. The molecule has 0 bridgehead atoms. The molecule has 1 aliphatic rings. The second-order valence-corrected chi connectivity index (χ2v) is 5.95. The van der Waals surface area contributed by atoms with Gasteiger partial charge in [0.05, 0.1) is 6.10 Å². The molecule has 1 saturated carbocycles. The molecule has 24 heavy (non-hydrogen) atoms. The summed E-state index contributed by atoms with van der Waals surface area (Å²) in [5.74, 6) is 1.31. The zero-order valence-electron chi connectivity index (χ0n) is 13.5. The van der Waals surface area contributed by atoms with Gasteiger partial charge in [-0.25, -0.2) is 9.78 Å². The average molecular weight is 326 g/mol. The Morgan fingerprint density at radius 2 is 1.92 bits per heavy atom. The van der Waals surface area contributed by atoms with Gasteiger partial charge in [-0.3, -0.25) is 0 Å². The zero-order valence-corrected chi connectivity index (χ0v) is 13.5. The topological polar surface area (TPSA) is 89.3 Å². The number of rotatable bonds is 5. The highest BCUT2D eigenvalue weighted by atomic mass is 16.5. The Morgan fingerprint density at radius 1 is 1.17 bits per heavy atom. The molecule has 1 aromatic carbocycles. The lowest BCUT2D eigenvalue weighted by molar-refractivity contribution is 0.210. The maximum absolute atomic E-state index is 11.9. The van der Waals surface area contributed by atoms with E-state index in [-0.39, 0.29) is 6.03 Å². The number of hydrogen-bond acceptors (Lipinski definition) is 4. The fraction of sp³-hybridized carbons (Fsp3) is 0.333. The van der Waals surface area contributed by atoms with E-state index in [1.165, 1.54) is 12.8 Å². The van der Waals surface area contributed by atoms with E-state index in [0.29, 0.717) is 18.5 Å². The van der Waals surface area contributed by atoms with Crippen LogP contribution in [0.3, 0.4) is 0 Å². The van der Waals surface area contributed by atoms with Crippen molar-refractivity contribution in [1.82, 2.24) is 10.3 Å². The van der Waals surface area contributed by atoms with Crippen molar-refractivity contribution in [3.05, 3.63) is 48.2 Å². The van der Waals surface area contributed by atoms with Crippen molar-refractivity contribution in [2.45, 2.75) is 38.3 Å². The first-order valence-electron chi connectivity index (χ1n) is 8.21. The highest BCUT2D eigenvalue weighted by molar-refractivity contribution is 5.89. The summed E-state index contributed by atoms with van der Waals surface area (Å²) in [5.41, 5.74) is 7.14. The molecule has 0 atom stereocenters. The number of carbonyl (C=O) groups excluding carboxylic acids is 1. The van der Waals surface area contributed by atoms with Gasteiger partial charge in [-0.15, -0.1) is 0 Å². The second-order valence-electron chi connectivity index (χ2n) is 5.95. The van der Waals surface area contributed by atoms with Crippen LogP contribution in [0.15, 0.2) is 42.6 Å². The molecule has 1 fully saturated rings. The molecule has 0 radical (unpaired) electrons. The standard InChI is InChI=1S/C18H22N4O2/c19-17-10-5-13(11-20-17)12-21-18(23)22-14-6-8-16(9-7-14)24-15-3-1-2-4-15/h5-11,15H,1-4,12H2,(H2,19,20)(H2,21,22,23). The molecule has 6 heteroatoms. The van der Waals surface area contributed by atoms with Gasteiger partial charge in [0, 0.05) is 18.4 Å². The molecule has 126 valence electrons. The van der Waals surface area contributed by atoms with Gasteiger partial charge in [0.15, 0.2) is 0 Å². The fourth-order valence-electron chi connectivity index (χ4n) is 2.71. The van der Waals surface area contributed by atoms with E-state index in [4.69, 9.17) is 10.5 Å². The number of pyridine rings is 1. The Balaban J connectivity index is 1.46. The monoisotopic (exact) mass is 326 g/mol. The normalized spacial score (nSPS) is 14.3. The van der Waals surface area contributed by atoms with Gasteiger partial charge < -0.3 is 21.1 Å². The molecule has 6 nitrogen and oxygen atoms in total. The molecule has 2 aromatic rings. The van der Waals surface area contributed by atoms with Crippen LogP contribution in [0.25, 0.3) is 0 Å². The number of anilines is 2. The number of nitrogen functional groups attached to an aromatic ring is 1. The maximum atomic E-state index is 11.9. The van der Waals surface area contributed by atoms with Crippen LogP contribution in [0.4, 0.5) is 16.3 Å². The Bertz CT molecular complexity index is 664. The van der Waals surface area contributed by atoms with Gasteiger partial charge >= 0.3 is 6.03 Å². The Labute approximate surface area is 141 Å². The molecule has 0 unspecified atom stereocenters. The molecule has 1 aromatic heterocycles. The third-order valence-corrected chi connectivity index (χ3v) is 4.02. The number of nitrogens with one attached hydrogen (secondary N) is 2. The highest BCUT2D eigenvalue weighted by Gasteiger charge is 2.16. The van der Waals surface area contributed by atoms with Gasteiger partial charge in [-0.05, 0) is 61.6 Å². The Morgan fingerprint density at radius 3 is 2.58 bits per heavy atom. The smallest absolute Gasteiger partial charge is 0.319 e. The van der Waals surface area contributed by atoms with Crippen molar-refractivity contribution in [1.29, 1.82) is 0 Å². The Kier molecular flexibility index (Phi) is 5.15. The van der Waals surface area contributed by atoms with Gasteiger partial charge in [-0.2, -0.15) is 0 Å². The number of ether oxygens (including phenoxy) is 1. The first-order valence-corrected chi connectivity index (χ1v) is 8.21. The molecular weight excluding hydrogens is 304 g/mol. The molecule has 4 N–H and O–H groups in total. The van der Waals surface area contributed by atoms with Gasteiger partial charge in [0.1, 0.15) is 11.6 Å². The van der Waals surface area contributed by atoms with E-state index in [1.54, 1.807) is 12.3 Å². The van der Waals surface area contributed by atoms with Crippen LogP contribution in [0.5, 0.6) is 5.75 Å². The van der Waals surface area contributed by atoms with Crippen molar-refractivity contribution in [3.63, 3.8) is 0 Å². The lowest BCUT2D eigenvalue weighted by Crippen LogP contribution is -2.28. The van der Waals surface area contributed by atoms with Crippen LogP contribution in [0.2, 0.25) is 0 Å². The predicted molar refractivity (Wildman–Crippen MR) is 93.8 cm³/mol. The summed E-state index contributed by atoms with van der Waals surface area (Å²) in [7, 11) is 0. The summed E-state index contributed by atoms with van der Waals surface area (Å²) in [4.78, 5) is 15.9. The van der Waals surface area contributed by atoms with Crippen LogP contribution in [0.1, 0.15) is 31.2 Å². The van der Waals surface area contributed by atoms with Crippen molar-refractivity contribution in [3.8, 4) is 5.75 Å². The molecule has 0 spiro atoms. The summed E-state index contributed by atoms with van der Waals surface area (Å²) in [6.45, 7) is 0.391. The summed E-state index contributed by atoms with van der Waals surface area (Å²) in [6, 6.07) is 10.7. The van der Waals surface area contributed by atoms with Gasteiger partial charge in [0.25, 0.3) is 0 Å². The highest BCUT2D eigenvalue weighted by Crippen LogP contribution is 2.24. The number of urea groups is 1. The number of hydrogen-bond donors (Lipinski definition) is 3. The second kappa shape index (κ2) is 7.68. The average Bonchev–Trinajstić information content (AvgIpc) is 3.09. The summed E-state index contributed by atoms with van der Waals surface area (Å²) < 4.78 is 5.90. The Hall–Kier alpha value is -2.76. The lowest BCUT2D eigenvalue weighted by atomic mass is 10.2. The third-order valence-electron chi connectivity index (χ3n) is 4.02. The van der Waals surface area contributed by atoms with Crippen LogP contribution < -0.4 is 21.1 Å². The van der Waals surface area contributed by atoms with E-state index in [0.717, 1.165) is 29.8 Å². The van der Waals surface area contributed by atoms with Gasteiger partial charge in [-0.1, -0.05) is 6.07 Å². The molecule has 0 saturated heterocycles. The van der Waals surface area contributed by atoms with E-state index in [1.807, 2.05) is 30.3 Å². The molecule has 1 heterocycles. The predicted octanol–water partition coefficient (Wildman–Crippen LogP) is 3.31. The zero-order chi connectivity index (χ0) is 16.8. The minimum Gasteiger partial charge on any atom is -0.490 e. The first-order chi connectivity index (χ1) is 11.7. The van der Waals surface area contributed by atoms with Crippen LogP contribution in [0, 0.1) is 0 Å².